The highest BCUT2D eigenvalue weighted by atomic mass is 35.5. The minimum Gasteiger partial charge on any atom is -0.352 e. The van der Waals surface area contributed by atoms with Crippen LogP contribution >= 0.6 is 11.6 Å². The lowest BCUT2D eigenvalue weighted by Gasteiger charge is -2.07. The normalized spacial score (nSPS) is 10.6. The molecule has 4 heteroatoms. The summed E-state index contributed by atoms with van der Waals surface area (Å²) in [7, 11) is 0. The van der Waals surface area contributed by atoms with Crippen molar-refractivity contribution in [3.05, 3.63) is 60.0 Å². The predicted octanol–water partition coefficient (Wildman–Crippen LogP) is 3.73. The Morgan fingerprint density at radius 2 is 2.06 bits per heavy atom. The van der Waals surface area contributed by atoms with Crippen molar-refractivity contribution in [1.82, 2.24) is 9.38 Å². The molecule has 0 atom stereocenters. The third-order valence-electron chi connectivity index (χ3n) is 2.52. The number of anilines is 2. The van der Waals surface area contributed by atoms with Crippen LogP contribution in [0.1, 0.15) is 0 Å². The molecule has 0 aliphatic carbocycles. The summed E-state index contributed by atoms with van der Waals surface area (Å²) < 4.78 is 1.97. The van der Waals surface area contributed by atoms with Gasteiger partial charge in [0.05, 0.1) is 5.69 Å². The lowest BCUT2D eigenvalue weighted by Crippen LogP contribution is -1.94. The molecule has 0 amide bonds. The molecule has 17 heavy (non-hydrogen) atoms. The van der Waals surface area contributed by atoms with Crippen LogP contribution in [0.3, 0.4) is 0 Å². The molecule has 0 bridgehead atoms. The van der Waals surface area contributed by atoms with Crippen LogP contribution in [0.5, 0.6) is 0 Å². The first-order valence-electron chi connectivity index (χ1n) is 5.27. The number of halogens is 1. The number of benzene rings is 1. The fourth-order valence-corrected chi connectivity index (χ4v) is 1.96. The van der Waals surface area contributed by atoms with Crippen molar-refractivity contribution in [2.45, 2.75) is 0 Å². The van der Waals surface area contributed by atoms with E-state index in [1.165, 1.54) is 0 Å². The zero-order valence-corrected chi connectivity index (χ0v) is 9.72. The summed E-state index contributed by atoms with van der Waals surface area (Å²) in [5, 5.41) is 4.02. The Morgan fingerprint density at radius 3 is 2.94 bits per heavy atom. The highest BCUT2D eigenvalue weighted by molar-refractivity contribution is 6.30. The number of rotatable bonds is 2. The van der Waals surface area contributed by atoms with Crippen LogP contribution < -0.4 is 5.32 Å². The molecule has 0 saturated heterocycles. The van der Waals surface area contributed by atoms with Crippen molar-refractivity contribution in [3.63, 3.8) is 0 Å². The molecule has 0 aliphatic rings. The van der Waals surface area contributed by atoms with E-state index in [0.717, 1.165) is 17.0 Å². The zero-order valence-electron chi connectivity index (χ0n) is 8.97. The van der Waals surface area contributed by atoms with E-state index in [1.807, 2.05) is 53.2 Å². The lowest BCUT2D eigenvalue weighted by atomic mass is 10.3. The SMILES string of the molecule is Clc1cccc(Nc2cccn3ccnc23)c1. The van der Waals surface area contributed by atoms with Crippen LogP contribution in [0.25, 0.3) is 5.65 Å². The number of imidazole rings is 1. The number of hydrogen-bond acceptors (Lipinski definition) is 2. The maximum absolute atomic E-state index is 5.95. The van der Waals surface area contributed by atoms with Gasteiger partial charge in [-0.3, -0.25) is 0 Å². The zero-order chi connectivity index (χ0) is 11.7. The van der Waals surface area contributed by atoms with Gasteiger partial charge in [0, 0.05) is 29.3 Å². The van der Waals surface area contributed by atoms with E-state index < -0.39 is 0 Å². The maximum Gasteiger partial charge on any atom is 0.160 e. The average molecular weight is 244 g/mol. The first kappa shape index (κ1) is 10.2. The van der Waals surface area contributed by atoms with Gasteiger partial charge in [-0.05, 0) is 30.3 Å². The summed E-state index contributed by atoms with van der Waals surface area (Å²) >= 11 is 5.95. The summed E-state index contributed by atoms with van der Waals surface area (Å²) in [6.45, 7) is 0. The summed E-state index contributed by atoms with van der Waals surface area (Å²) in [6.07, 6.45) is 5.66. The number of hydrogen-bond donors (Lipinski definition) is 1. The number of nitrogens with zero attached hydrogens (tertiary/aromatic N) is 2. The molecular weight excluding hydrogens is 234 g/mol. The predicted molar refractivity (Wildman–Crippen MR) is 69.9 cm³/mol. The van der Waals surface area contributed by atoms with Gasteiger partial charge in [0.2, 0.25) is 0 Å². The quantitative estimate of drug-likeness (QED) is 0.743. The topological polar surface area (TPSA) is 29.3 Å². The van der Waals surface area contributed by atoms with Gasteiger partial charge in [-0.25, -0.2) is 4.98 Å². The monoisotopic (exact) mass is 243 g/mol. The van der Waals surface area contributed by atoms with E-state index in [1.54, 1.807) is 6.20 Å². The molecule has 2 aromatic heterocycles. The summed E-state index contributed by atoms with van der Waals surface area (Å²) in [5.41, 5.74) is 2.81. The summed E-state index contributed by atoms with van der Waals surface area (Å²) in [5.74, 6) is 0. The molecule has 2 heterocycles. The van der Waals surface area contributed by atoms with Gasteiger partial charge in [-0.1, -0.05) is 17.7 Å². The van der Waals surface area contributed by atoms with Crippen molar-refractivity contribution < 1.29 is 0 Å². The maximum atomic E-state index is 5.95. The van der Waals surface area contributed by atoms with Crippen LogP contribution in [-0.4, -0.2) is 9.38 Å². The first-order chi connectivity index (χ1) is 8.33. The van der Waals surface area contributed by atoms with Gasteiger partial charge in [0.1, 0.15) is 0 Å². The van der Waals surface area contributed by atoms with Gasteiger partial charge in [-0.15, -0.1) is 0 Å². The van der Waals surface area contributed by atoms with Crippen molar-refractivity contribution in [2.24, 2.45) is 0 Å². The van der Waals surface area contributed by atoms with Crippen molar-refractivity contribution in [1.29, 1.82) is 0 Å². The molecule has 0 unspecified atom stereocenters. The molecule has 1 aromatic carbocycles. The number of nitrogens with one attached hydrogen (secondary N) is 1. The van der Waals surface area contributed by atoms with E-state index >= 15 is 0 Å². The van der Waals surface area contributed by atoms with Crippen LogP contribution in [-0.2, 0) is 0 Å². The molecule has 84 valence electrons. The van der Waals surface area contributed by atoms with E-state index in [4.69, 9.17) is 11.6 Å². The smallest absolute Gasteiger partial charge is 0.160 e. The largest absolute Gasteiger partial charge is 0.352 e. The Kier molecular flexibility index (Phi) is 2.46. The van der Waals surface area contributed by atoms with Crippen LogP contribution in [0, 0.1) is 0 Å². The molecule has 0 saturated carbocycles. The molecule has 0 aliphatic heterocycles. The Balaban J connectivity index is 2.02. The number of fused-ring (bicyclic) bond motifs is 1. The second kappa shape index (κ2) is 4.11. The molecular formula is C13H10ClN3. The molecule has 0 fully saturated rings. The molecule has 0 radical (unpaired) electrons. The van der Waals surface area contributed by atoms with Gasteiger partial charge in [-0.2, -0.15) is 0 Å². The Bertz CT molecular complexity index is 660. The fraction of sp³-hybridized carbons (Fsp3) is 0. The van der Waals surface area contributed by atoms with Crippen molar-refractivity contribution in [2.75, 3.05) is 5.32 Å². The van der Waals surface area contributed by atoms with E-state index in [0.29, 0.717) is 5.02 Å². The number of aromatic nitrogens is 2. The minimum absolute atomic E-state index is 0.713. The highest BCUT2D eigenvalue weighted by Gasteiger charge is 2.02. The molecule has 3 aromatic rings. The third kappa shape index (κ3) is 1.97. The molecule has 3 nitrogen and oxygen atoms in total. The molecule has 1 N–H and O–H groups in total. The number of pyridine rings is 1. The van der Waals surface area contributed by atoms with Gasteiger partial charge < -0.3 is 9.72 Å². The standard InChI is InChI=1S/C13H10ClN3/c14-10-3-1-4-11(9-10)16-12-5-2-7-17-8-6-15-13(12)17/h1-9,16H. The van der Waals surface area contributed by atoms with Crippen LogP contribution in [0.4, 0.5) is 11.4 Å². The van der Waals surface area contributed by atoms with Gasteiger partial charge >= 0.3 is 0 Å². The first-order valence-corrected chi connectivity index (χ1v) is 5.65. The van der Waals surface area contributed by atoms with Gasteiger partial charge in [0.25, 0.3) is 0 Å². The molecule has 3 rings (SSSR count). The van der Waals surface area contributed by atoms with Crippen LogP contribution in [0.15, 0.2) is 55.0 Å². The van der Waals surface area contributed by atoms with E-state index in [2.05, 4.69) is 10.3 Å². The second-order valence-electron chi connectivity index (χ2n) is 3.72. The summed E-state index contributed by atoms with van der Waals surface area (Å²) in [4.78, 5) is 4.30. The Hall–Kier alpha value is -2.00. The molecule has 0 spiro atoms. The Morgan fingerprint density at radius 1 is 1.12 bits per heavy atom. The minimum atomic E-state index is 0.713. The average Bonchev–Trinajstić information content (AvgIpc) is 2.78. The van der Waals surface area contributed by atoms with Crippen LogP contribution in [0.2, 0.25) is 5.02 Å². The third-order valence-corrected chi connectivity index (χ3v) is 2.76. The lowest BCUT2D eigenvalue weighted by molar-refractivity contribution is 1.19. The van der Waals surface area contributed by atoms with E-state index in [9.17, 15) is 0 Å². The van der Waals surface area contributed by atoms with Gasteiger partial charge in [0.15, 0.2) is 5.65 Å². The Labute approximate surface area is 104 Å². The summed E-state index contributed by atoms with van der Waals surface area (Å²) in [6, 6.07) is 11.6. The van der Waals surface area contributed by atoms with E-state index in [-0.39, 0.29) is 0 Å². The second-order valence-corrected chi connectivity index (χ2v) is 4.15. The van der Waals surface area contributed by atoms with Crippen molar-refractivity contribution >= 4 is 28.6 Å². The van der Waals surface area contributed by atoms with Crippen molar-refractivity contribution in [3.8, 4) is 0 Å². The fourth-order valence-electron chi connectivity index (χ4n) is 1.77. The highest BCUT2D eigenvalue weighted by Crippen LogP contribution is 2.22.